The number of nitrogens with one attached hydrogen (secondary N) is 1. The Balaban J connectivity index is 2.13. The van der Waals surface area contributed by atoms with Gasteiger partial charge in [0.15, 0.2) is 0 Å². The second-order valence-corrected chi connectivity index (χ2v) is 5.11. The first-order valence-corrected chi connectivity index (χ1v) is 6.74. The van der Waals surface area contributed by atoms with Crippen LogP contribution in [0.3, 0.4) is 0 Å². The average Bonchev–Trinajstić information content (AvgIpc) is 2.33. The van der Waals surface area contributed by atoms with Gasteiger partial charge < -0.3 is 15.3 Å². The molecule has 4 nitrogen and oxygen atoms in total. The zero-order chi connectivity index (χ0) is 12.7. The number of aliphatic hydroxyl groups is 1. The summed E-state index contributed by atoms with van der Waals surface area (Å²) in [5.74, 6) is 0.524. The van der Waals surface area contributed by atoms with Crippen molar-refractivity contribution in [2.24, 2.45) is 11.8 Å². The number of piperidine rings is 1. The molecule has 1 unspecified atom stereocenters. The number of amides is 1. The third-order valence-corrected chi connectivity index (χ3v) is 3.77. The number of likely N-dealkylation sites (tertiary alicyclic amines) is 1. The largest absolute Gasteiger partial charge is 0.396 e. The summed E-state index contributed by atoms with van der Waals surface area (Å²) in [4.78, 5) is 14.0. The van der Waals surface area contributed by atoms with Crippen LogP contribution in [0.5, 0.6) is 0 Å². The van der Waals surface area contributed by atoms with Crippen molar-refractivity contribution < 1.29 is 9.90 Å². The molecule has 1 atom stereocenters. The molecule has 0 radical (unpaired) electrons. The van der Waals surface area contributed by atoms with E-state index in [0.29, 0.717) is 6.42 Å². The third-order valence-electron chi connectivity index (χ3n) is 3.77. The lowest BCUT2D eigenvalue weighted by atomic mass is 9.94. The predicted octanol–water partition coefficient (Wildman–Crippen LogP) is 0.853. The van der Waals surface area contributed by atoms with Crippen molar-refractivity contribution in [3.05, 3.63) is 0 Å². The minimum atomic E-state index is -0.229. The molecule has 0 aromatic heterocycles. The van der Waals surface area contributed by atoms with Gasteiger partial charge in [-0.05, 0) is 51.7 Å². The minimum absolute atomic E-state index is 0.00271. The second-order valence-electron chi connectivity index (χ2n) is 5.11. The Morgan fingerprint density at radius 2 is 2.12 bits per heavy atom. The number of aliphatic hydroxyl groups excluding tert-OH is 1. The van der Waals surface area contributed by atoms with E-state index >= 15 is 0 Å². The van der Waals surface area contributed by atoms with Crippen molar-refractivity contribution in [2.75, 3.05) is 33.3 Å². The topological polar surface area (TPSA) is 52.6 Å². The lowest BCUT2D eigenvalue weighted by Crippen LogP contribution is -2.35. The van der Waals surface area contributed by atoms with Gasteiger partial charge in [0.1, 0.15) is 0 Å². The molecule has 17 heavy (non-hydrogen) atoms. The number of rotatable bonds is 6. The van der Waals surface area contributed by atoms with Crippen LogP contribution in [0.2, 0.25) is 0 Å². The molecule has 1 amide bonds. The van der Waals surface area contributed by atoms with E-state index in [1.54, 1.807) is 0 Å². The molecule has 0 saturated carbocycles. The molecule has 1 saturated heterocycles. The number of carbonyl (C=O) groups excluding carboxylic acids is 1. The molecular formula is C13H26N2O2. The smallest absolute Gasteiger partial charge is 0.225 e. The molecule has 0 bridgehead atoms. The van der Waals surface area contributed by atoms with Crippen LogP contribution in [0.4, 0.5) is 0 Å². The zero-order valence-corrected chi connectivity index (χ0v) is 11.1. The monoisotopic (exact) mass is 242 g/mol. The molecule has 0 spiro atoms. The van der Waals surface area contributed by atoms with E-state index in [-0.39, 0.29) is 18.4 Å². The summed E-state index contributed by atoms with van der Waals surface area (Å²) in [6, 6.07) is 0. The van der Waals surface area contributed by atoms with Crippen LogP contribution in [0.25, 0.3) is 0 Å². The van der Waals surface area contributed by atoms with Gasteiger partial charge in [-0.3, -0.25) is 4.79 Å². The summed E-state index contributed by atoms with van der Waals surface area (Å²) < 4.78 is 0. The van der Waals surface area contributed by atoms with Gasteiger partial charge >= 0.3 is 0 Å². The number of nitrogens with zero attached hydrogens (tertiary/aromatic N) is 1. The Kier molecular flexibility index (Phi) is 6.52. The molecule has 0 aliphatic carbocycles. The molecule has 1 aliphatic heterocycles. The molecule has 1 heterocycles. The predicted molar refractivity (Wildman–Crippen MR) is 68.7 cm³/mol. The molecule has 1 rings (SSSR count). The van der Waals surface area contributed by atoms with E-state index in [2.05, 4.69) is 17.3 Å². The van der Waals surface area contributed by atoms with E-state index in [1.807, 2.05) is 6.92 Å². The van der Waals surface area contributed by atoms with Gasteiger partial charge in [0.05, 0.1) is 12.5 Å². The Morgan fingerprint density at radius 1 is 1.47 bits per heavy atom. The van der Waals surface area contributed by atoms with E-state index in [0.717, 1.165) is 18.9 Å². The first kappa shape index (κ1) is 14.5. The lowest BCUT2D eigenvalue weighted by molar-refractivity contribution is -0.126. The molecular weight excluding hydrogens is 216 g/mol. The summed E-state index contributed by atoms with van der Waals surface area (Å²) >= 11 is 0. The van der Waals surface area contributed by atoms with Crippen molar-refractivity contribution in [1.29, 1.82) is 0 Å². The van der Waals surface area contributed by atoms with Gasteiger partial charge in [-0.25, -0.2) is 0 Å². The summed E-state index contributed by atoms with van der Waals surface area (Å²) in [5, 5.41) is 11.9. The first-order valence-electron chi connectivity index (χ1n) is 6.74. The van der Waals surface area contributed by atoms with Crippen molar-refractivity contribution >= 4 is 5.91 Å². The SMILES string of the molecule is CCC(CO)C(=O)NCCC1CCN(C)CC1. The van der Waals surface area contributed by atoms with Crippen LogP contribution in [0, 0.1) is 11.8 Å². The Hall–Kier alpha value is -0.610. The summed E-state index contributed by atoms with van der Waals surface area (Å²) in [7, 11) is 2.16. The quantitative estimate of drug-likeness (QED) is 0.726. The van der Waals surface area contributed by atoms with Crippen molar-refractivity contribution in [3.63, 3.8) is 0 Å². The van der Waals surface area contributed by atoms with E-state index in [4.69, 9.17) is 5.11 Å². The van der Waals surface area contributed by atoms with Gasteiger partial charge in [0.25, 0.3) is 0 Å². The van der Waals surface area contributed by atoms with Crippen LogP contribution in [0.1, 0.15) is 32.6 Å². The molecule has 100 valence electrons. The summed E-state index contributed by atoms with van der Waals surface area (Å²) in [6.45, 7) is 4.98. The van der Waals surface area contributed by atoms with Crippen LogP contribution in [0.15, 0.2) is 0 Å². The standard InChI is InChI=1S/C13H26N2O2/c1-3-12(10-16)13(17)14-7-4-11-5-8-15(2)9-6-11/h11-12,16H,3-10H2,1-2H3,(H,14,17). The Bertz CT molecular complexity index is 221. The fourth-order valence-corrected chi connectivity index (χ4v) is 2.29. The van der Waals surface area contributed by atoms with Gasteiger partial charge in [-0.1, -0.05) is 6.92 Å². The molecule has 4 heteroatoms. The van der Waals surface area contributed by atoms with E-state index in [1.165, 1.54) is 25.9 Å². The number of hydrogen-bond donors (Lipinski definition) is 2. The molecule has 2 N–H and O–H groups in total. The Morgan fingerprint density at radius 3 is 2.65 bits per heavy atom. The number of hydrogen-bond acceptors (Lipinski definition) is 3. The van der Waals surface area contributed by atoms with Crippen LogP contribution in [-0.4, -0.2) is 49.2 Å². The third kappa shape index (κ3) is 5.04. The molecule has 1 aliphatic rings. The highest BCUT2D eigenvalue weighted by molar-refractivity contribution is 5.78. The highest BCUT2D eigenvalue weighted by Gasteiger charge is 2.18. The van der Waals surface area contributed by atoms with Crippen LogP contribution >= 0.6 is 0 Å². The van der Waals surface area contributed by atoms with Gasteiger partial charge in [0.2, 0.25) is 5.91 Å². The fourth-order valence-electron chi connectivity index (χ4n) is 2.29. The fraction of sp³-hybridized carbons (Fsp3) is 0.923. The lowest BCUT2D eigenvalue weighted by Gasteiger charge is -2.29. The Labute approximate surface area is 104 Å². The van der Waals surface area contributed by atoms with Crippen molar-refractivity contribution in [3.8, 4) is 0 Å². The second kappa shape index (κ2) is 7.67. The molecule has 0 aromatic carbocycles. The van der Waals surface area contributed by atoms with Crippen LogP contribution in [-0.2, 0) is 4.79 Å². The normalized spacial score (nSPS) is 20.2. The van der Waals surface area contributed by atoms with Gasteiger partial charge in [-0.15, -0.1) is 0 Å². The maximum absolute atomic E-state index is 11.6. The average molecular weight is 242 g/mol. The zero-order valence-electron chi connectivity index (χ0n) is 11.1. The summed E-state index contributed by atoms with van der Waals surface area (Å²) in [6.07, 6.45) is 4.26. The van der Waals surface area contributed by atoms with E-state index in [9.17, 15) is 4.79 Å². The highest BCUT2D eigenvalue weighted by atomic mass is 16.3. The van der Waals surface area contributed by atoms with Gasteiger partial charge in [-0.2, -0.15) is 0 Å². The minimum Gasteiger partial charge on any atom is -0.396 e. The first-order chi connectivity index (χ1) is 8.17. The number of carbonyl (C=O) groups is 1. The van der Waals surface area contributed by atoms with Crippen LogP contribution < -0.4 is 5.32 Å². The maximum atomic E-state index is 11.6. The highest BCUT2D eigenvalue weighted by Crippen LogP contribution is 2.18. The van der Waals surface area contributed by atoms with Crippen molar-refractivity contribution in [1.82, 2.24) is 10.2 Å². The van der Waals surface area contributed by atoms with E-state index < -0.39 is 0 Å². The van der Waals surface area contributed by atoms with Crippen molar-refractivity contribution in [2.45, 2.75) is 32.6 Å². The summed E-state index contributed by atoms with van der Waals surface area (Å²) in [5.41, 5.74) is 0. The van der Waals surface area contributed by atoms with Gasteiger partial charge in [0, 0.05) is 6.54 Å². The maximum Gasteiger partial charge on any atom is 0.225 e. The molecule has 0 aromatic rings. The molecule has 1 fully saturated rings.